The Labute approximate surface area is 238 Å². The molecule has 1 aromatic carbocycles. The number of hydrogen-bond acceptors (Lipinski definition) is 6. The third-order valence-electron chi connectivity index (χ3n) is 8.46. The van der Waals surface area contributed by atoms with Crippen molar-refractivity contribution in [3.05, 3.63) is 61.5 Å². The Kier molecular flexibility index (Phi) is 9.62. The Balaban J connectivity index is 1.56. The van der Waals surface area contributed by atoms with Gasteiger partial charge < -0.3 is 25.4 Å². The van der Waals surface area contributed by atoms with Gasteiger partial charge in [0.25, 0.3) is 11.5 Å². The van der Waals surface area contributed by atoms with Crippen LogP contribution in [0.5, 0.6) is 0 Å². The predicted octanol–water partition coefficient (Wildman–Crippen LogP) is 3.64. The zero-order valence-electron chi connectivity index (χ0n) is 24.4. The molecule has 214 valence electrons. The number of carbonyl (C=O) groups is 1. The van der Waals surface area contributed by atoms with Crippen molar-refractivity contribution in [3.8, 4) is 0 Å². The molecule has 0 bridgehead atoms. The summed E-state index contributed by atoms with van der Waals surface area (Å²) in [6.45, 7) is 6.78. The third kappa shape index (κ3) is 6.61. The number of likely N-dealkylation sites (N-methyl/N-ethyl adjacent to an activating group) is 1. The maximum Gasteiger partial charge on any atom is 0.274 e. The molecule has 8 nitrogen and oxygen atoms in total. The summed E-state index contributed by atoms with van der Waals surface area (Å²) in [6, 6.07) is 6.91. The molecule has 2 N–H and O–H groups in total. The van der Waals surface area contributed by atoms with Gasteiger partial charge in [-0.15, -0.1) is 0 Å². The van der Waals surface area contributed by atoms with E-state index < -0.39 is 0 Å². The lowest BCUT2D eigenvalue weighted by Gasteiger charge is -2.40. The van der Waals surface area contributed by atoms with E-state index in [0.717, 1.165) is 67.8 Å². The topological polar surface area (TPSA) is 72.8 Å². The molecule has 1 aromatic heterocycles. The number of nitrogens with zero attached hydrogens (tertiary/aromatic N) is 4. The van der Waals surface area contributed by atoms with Gasteiger partial charge in [-0.2, -0.15) is 0 Å². The molecule has 2 aromatic rings. The molecular formula is C30H45ClN6O2. The fourth-order valence-electron chi connectivity index (χ4n) is 6.14. The highest BCUT2D eigenvalue weighted by molar-refractivity contribution is 6.31. The first kappa shape index (κ1) is 29.4. The van der Waals surface area contributed by atoms with Crippen LogP contribution in [-0.4, -0.2) is 80.3 Å². The molecule has 0 atom stereocenters. The summed E-state index contributed by atoms with van der Waals surface area (Å²) in [5, 5.41) is 3.60. The second-order valence-corrected chi connectivity index (χ2v) is 11.9. The van der Waals surface area contributed by atoms with E-state index in [2.05, 4.69) is 52.5 Å². The standard InChI is InChI=1S/C30H45ClN6O2/c1-7-36(24-10-8-23(9-11-24)35(5)6)28-18-22(31)17-26(20(28)2)29(38)32-19-27-21(13-15-34(3)4)16-25-12-14-33-37(25)30(27)39/h16-18,23-24,33H,7-15,19H2,1-6H3,(H,32,38). The fourth-order valence-corrected chi connectivity index (χ4v) is 6.35. The lowest BCUT2D eigenvalue weighted by molar-refractivity contribution is 0.0950. The van der Waals surface area contributed by atoms with Gasteiger partial charge in [-0.3, -0.25) is 9.59 Å². The highest BCUT2D eigenvalue weighted by atomic mass is 35.5. The van der Waals surface area contributed by atoms with Crippen molar-refractivity contribution < 1.29 is 4.79 Å². The van der Waals surface area contributed by atoms with Crippen LogP contribution in [0.25, 0.3) is 0 Å². The van der Waals surface area contributed by atoms with Crippen LogP contribution in [0.1, 0.15) is 65.3 Å². The van der Waals surface area contributed by atoms with Crippen molar-refractivity contribution >= 4 is 23.2 Å². The zero-order valence-corrected chi connectivity index (χ0v) is 25.2. The smallest absolute Gasteiger partial charge is 0.274 e. The van der Waals surface area contributed by atoms with Gasteiger partial charge in [-0.05, 0) is 103 Å². The molecule has 1 saturated carbocycles. The number of benzene rings is 1. The van der Waals surface area contributed by atoms with E-state index >= 15 is 0 Å². The van der Waals surface area contributed by atoms with E-state index in [4.69, 9.17) is 11.6 Å². The number of aromatic nitrogens is 1. The largest absolute Gasteiger partial charge is 0.369 e. The van der Waals surface area contributed by atoms with Gasteiger partial charge in [0.05, 0.1) is 0 Å². The summed E-state index contributed by atoms with van der Waals surface area (Å²) in [4.78, 5) is 33.7. The number of nitrogens with one attached hydrogen (secondary N) is 2. The van der Waals surface area contributed by atoms with Crippen molar-refractivity contribution in [2.24, 2.45) is 0 Å². The highest BCUT2D eigenvalue weighted by Gasteiger charge is 2.28. The lowest BCUT2D eigenvalue weighted by atomic mass is 9.89. The van der Waals surface area contributed by atoms with Gasteiger partial charge in [0, 0.05) is 72.2 Å². The zero-order chi connectivity index (χ0) is 28.3. The van der Waals surface area contributed by atoms with Crippen LogP contribution in [-0.2, 0) is 19.4 Å². The van der Waals surface area contributed by atoms with Gasteiger partial charge in [-0.1, -0.05) is 11.6 Å². The van der Waals surface area contributed by atoms with Crippen LogP contribution >= 0.6 is 11.6 Å². The van der Waals surface area contributed by atoms with Gasteiger partial charge in [0.15, 0.2) is 0 Å². The first-order valence-electron chi connectivity index (χ1n) is 14.3. The van der Waals surface area contributed by atoms with Crippen molar-refractivity contribution in [2.45, 2.75) is 71.0 Å². The van der Waals surface area contributed by atoms with Gasteiger partial charge in [-0.25, -0.2) is 4.68 Å². The van der Waals surface area contributed by atoms with Crippen LogP contribution < -0.4 is 21.2 Å². The number of anilines is 1. The van der Waals surface area contributed by atoms with Crippen LogP contribution in [0.4, 0.5) is 5.69 Å². The Hall–Kier alpha value is -2.55. The number of carbonyl (C=O) groups excluding carboxylic acids is 1. The first-order chi connectivity index (χ1) is 18.6. The van der Waals surface area contributed by atoms with E-state index in [9.17, 15) is 9.59 Å². The SMILES string of the molecule is CCN(c1cc(Cl)cc(C(=O)NCc2c(CCN(C)C)cc3n(c2=O)NCC3)c1C)C1CCC(N(C)C)CC1. The van der Waals surface area contributed by atoms with E-state index in [-0.39, 0.29) is 18.0 Å². The molecule has 1 aliphatic carbocycles. The van der Waals surface area contributed by atoms with E-state index in [1.807, 2.05) is 27.1 Å². The molecule has 4 rings (SSSR count). The molecule has 1 fully saturated rings. The number of hydrogen-bond donors (Lipinski definition) is 2. The molecule has 9 heteroatoms. The minimum atomic E-state index is -0.208. The van der Waals surface area contributed by atoms with Gasteiger partial charge in [0.2, 0.25) is 0 Å². The van der Waals surface area contributed by atoms with E-state index in [1.165, 1.54) is 12.8 Å². The minimum Gasteiger partial charge on any atom is -0.369 e. The summed E-state index contributed by atoms with van der Waals surface area (Å²) < 4.78 is 1.63. The van der Waals surface area contributed by atoms with Gasteiger partial charge >= 0.3 is 0 Å². The van der Waals surface area contributed by atoms with Crippen LogP contribution in [0.15, 0.2) is 23.0 Å². The van der Waals surface area contributed by atoms with Crippen molar-refractivity contribution in [2.75, 3.05) is 58.2 Å². The molecular weight excluding hydrogens is 512 g/mol. The molecule has 0 radical (unpaired) electrons. The molecule has 0 spiro atoms. The van der Waals surface area contributed by atoms with E-state index in [1.54, 1.807) is 10.7 Å². The highest BCUT2D eigenvalue weighted by Crippen LogP contribution is 2.34. The van der Waals surface area contributed by atoms with Crippen LogP contribution in [0.3, 0.4) is 0 Å². The number of halogens is 1. The number of rotatable bonds is 10. The number of amides is 1. The van der Waals surface area contributed by atoms with Crippen LogP contribution in [0.2, 0.25) is 5.02 Å². The summed E-state index contributed by atoms with van der Waals surface area (Å²) >= 11 is 6.59. The molecule has 1 aliphatic heterocycles. The Morgan fingerprint density at radius 1 is 1.10 bits per heavy atom. The number of fused-ring (bicyclic) bond motifs is 1. The van der Waals surface area contributed by atoms with Crippen molar-refractivity contribution in [1.29, 1.82) is 0 Å². The Morgan fingerprint density at radius 2 is 1.79 bits per heavy atom. The molecule has 39 heavy (non-hydrogen) atoms. The minimum absolute atomic E-state index is 0.0759. The summed E-state index contributed by atoms with van der Waals surface area (Å²) in [7, 11) is 8.37. The summed E-state index contributed by atoms with van der Waals surface area (Å²) in [6.07, 6.45) is 6.16. The average molecular weight is 557 g/mol. The van der Waals surface area contributed by atoms with Crippen LogP contribution in [0, 0.1) is 6.92 Å². The lowest BCUT2D eigenvalue weighted by Crippen LogP contribution is -2.42. The third-order valence-corrected chi connectivity index (χ3v) is 8.68. The Morgan fingerprint density at radius 3 is 2.44 bits per heavy atom. The van der Waals surface area contributed by atoms with Gasteiger partial charge in [0.1, 0.15) is 0 Å². The molecule has 1 amide bonds. The number of pyridine rings is 1. The summed E-state index contributed by atoms with van der Waals surface area (Å²) in [5.41, 5.74) is 8.23. The molecule has 2 aliphatic rings. The fraction of sp³-hybridized carbons (Fsp3) is 0.600. The summed E-state index contributed by atoms with van der Waals surface area (Å²) in [5.74, 6) is -0.208. The maximum absolute atomic E-state index is 13.5. The average Bonchev–Trinajstić information content (AvgIpc) is 3.38. The second-order valence-electron chi connectivity index (χ2n) is 11.5. The van der Waals surface area contributed by atoms with Crippen molar-refractivity contribution in [3.63, 3.8) is 0 Å². The second kappa shape index (κ2) is 12.7. The molecule has 0 saturated heterocycles. The molecule has 0 unspecified atom stereocenters. The monoisotopic (exact) mass is 556 g/mol. The van der Waals surface area contributed by atoms with Crippen molar-refractivity contribution in [1.82, 2.24) is 19.8 Å². The Bertz CT molecular complexity index is 1230. The first-order valence-corrected chi connectivity index (χ1v) is 14.6. The normalized spacial score (nSPS) is 18.8. The van der Waals surface area contributed by atoms with E-state index in [0.29, 0.717) is 28.2 Å². The predicted molar refractivity (Wildman–Crippen MR) is 161 cm³/mol. The maximum atomic E-state index is 13.5. The molecule has 2 heterocycles. The quantitative estimate of drug-likeness (QED) is 0.465.